The maximum Gasteiger partial charge on any atom is 0.221 e. The molecule has 1 aromatic carbocycles. The van der Waals surface area contributed by atoms with Crippen molar-refractivity contribution in [3.8, 4) is 0 Å². The van der Waals surface area contributed by atoms with E-state index in [0.717, 1.165) is 16.9 Å². The molecule has 5 heteroatoms. The van der Waals surface area contributed by atoms with Crippen LogP contribution in [0.1, 0.15) is 11.3 Å². The second kappa shape index (κ2) is 5.77. The highest BCUT2D eigenvalue weighted by Gasteiger charge is 2.04. The van der Waals surface area contributed by atoms with Gasteiger partial charge in [0.05, 0.1) is 18.7 Å². The van der Waals surface area contributed by atoms with Crippen LogP contribution < -0.4 is 11.1 Å². The van der Waals surface area contributed by atoms with Crippen molar-refractivity contribution in [2.75, 3.05) is 5.32 Å². The van der Waals surface area contributed by atoms with Crippen LogP contribution >= 0.6 is 0 Å². The van der Waals surface area contributed by atoms with Gasteiger partial charge in [-0.15, -0.1) is 0 Å². The fourth-order valence-corrected chi connectivity index (χ4v) is 1.64. The lowest BCUT2D eigenvalue weighted by atomic mass is 10.1. The number of primary amides is 1. The Bertz CT molecular complexity index is 528. The van der Waals surface area contributed by atoms with Crippen molar-refractivity contribution in [1.82, 2.24) is 9.97 Å². The van der Waals surface area contributed by atoms with E-state index in [4.69, 9.17) is 5.73 Å². The zero-order chi connectivity index (χ0) is 12.8. The van der Waals surface area contributed by atoms with E-state index in [1.807, 2.05) is 30.3 Å². The minimum atomic E-state index is -0.341. The van der Waals surface area contributed by atoms with Crippen LogP contribution in [-0.4, -0.2) is 15.9 Å². The number of aromatic nitrogens is 2. The van der Waals surface area contributed by atoms with Crippen molar-refractivity contribution in [2.24, 2.45) is 5.73 Å². The van der Waals surface area contributed by atoms with Crippen LogP contribution in [0.25, 0.3) is 0 Å². The Balaban J connectivity index is 2.07. The summed E-state index contributed by atoms with van der Waals surface area (Å²) in [7, 11) is 0. The number of hydrogen-bond donors (Lipinski definition) is 2. The molecule has 1 amide bonds. The summed E-state index contributed by atoms with van der Waals surface area (Å²) < 4.78 is 0. The molecule has 0 saturated carbocycles. The SMILES string of the molecule is NC(=O)Cc1ccccc1NCc1ccncn1. The van der Waals surface area contributed by atoms with Gasteiger partial charge in [-0.2, -0.15) is 0 Å². The predicted octanol–water partition coefficient (Wildman–Crippen LogP) is 1.12. The monoisotopic (exact) mass is 242 g/mol. The average molecular weight is 242 g/mol. The number of nitrogens with two attached hydrogens (primary N) is 1. The first kappa shape index (κ1) is 12.0. The van der Waals surface area contributed by atoms with Gasteiger partial charge < -0.3 is 11.1 Å². The summed E-state index contributed by atoms with van der Waals surface area (Å²) in [5.41, 5.74) is 7.89. The lowest BCUT2D eigenvalue weighted by molar-refractivity contribution is -0.117. The number of carbonyl (C=O) groups excluding carboxylic acids is 1. The first-order chi connectivity index (χ1) is 8.75. The highest BCUT2D eigenvalue weighted by molar-refractivity contribution is 5.78. The molecule has 1 heterocycles. The fraction of sp³-hybridized carbons (Fsp3) is 0.154. The minimum Gasteiger partial charge on any atom is -0.379 e. The van der Waals surface area contributed by atoms with E-state index in [1.54, 1.807) is 6.20 Å². The van der Waals surface area contributed by atoms with Crippen molar-refractivity contribution in [1.29, 1.82) is 0 Å². The van der Waals surface area contributed by atoms with Crippen LogP contribution in [0, 0.1) is 0 Å². The Hall–Kier alpha value is -2.43. The quantitative estimate of drug-likeness (QED) is 0.823. The van der Waals surface area contributed by atoms with Crippen molar-refractivity contribution in [3.05, 3.63) is 54.1 Å². The van der Waals surface area contributed by atoms with Gasteiger partial charge in [-0.25, -0.2) is 9.97 Å². The van der Waals surface area contributed by atoms with Gasteiger partial charge in [0, 0.05) is 11.9 Å². The fourth-order valence-electron chi connectivity index (χ4n) is 1.64. The van der Waals surface area contributed by atoms with Gasteiger partial charge in [0.1, 0.15) is 6.33 Å². The smallest absolute Gasteiger partial charge is 0.221 e. The normalized spacial score (nSPS) is 10.0. The molecule has 0 atom stereocenters. The number of carbonyl (C=O) groups is 1. The Labute approximate surface area is 105 Å². The van der Waals surface area contributed by atoms with E-state index in [1.165, 1.54) is 6.33 Å². The highest BCUT2D eigenvalue weighted by atomic mass is 16.1. The number of amides is 1. The summed E-state index contributed by atoms with van der Waals surface area (Å²) >= 11 is 0. The third-order valence-electron chi connectivity index (χ3n) is 2.49. The molecule has 92 valence electrons. The zero-order valence-corrected chi connectivity index (χ0v) is 9.84. The Kier molecular flexibility index (Phi) is 3.86. The number of hydrogen-bond acceptors (Lipinski definition) is 4. The molecule has 0 radical (unpaired) electrons. The largest absolute Gasteiger partial charge is 0.379 e. The number of benzene rings is 1. The molecule has 5 nitrogen and oxygen atoms in total. The molecule has 0 saturated heterocycles. The van der Waals surface area contributed by atoms with Crippen molar-refractivity contribution in [3.63, 3.8) is 0 Å². The van der Waals surface area contributed by atoms with Crippen LogP contribution in [0.2, 0.25) is 0 Å². The molecule has 18 heavy (non-hydrogen) atoms. The van der Waals surface area contributed by atoms with Crippen molar-refractivity contribution in [2.45, 2.75) is 13.0 Å². The molecule has 2 aromatic rings. The van der Waals surface area contributed by atoms with E-state index in [2.05, 4.69) is 15.3 Å². The van der Waals surface area contributed by atoms with Gasteiger partial charge in [-0.05, 0) is 17.7 Å². The van der Waals surface area contributed by atoms with Gasteiger partial charge in [-0.1, -0.05) is 18.2 Å². The van der Waals surface area contributed by atoms with Gasteiger partial charge in [0.25, 0.3) is 0 Å². The standard InChI is InChI=1S/C13H14N4O/c14-13(18)7-10-3-1-2-4-12(10)16-8-11-5-6-15-9-17-11/h1-6,9,16H,7-8H2,(H2,14,18). The van der Waals surface area contributed by atoms with Gasteiger partial charge in [0.15, 0.2) is 0 Å². The van der Waals surface area contributed by atoms with E-state index in [-0.39, 0.29) is 12.3 Å². The molecule has 0 aliphatic heterocycles. The van der Waals surface area contributed by atoms with Crippen LogP contribution in [0.5, 0.6) is 0 Å². The summed E-state index contributed by atoms with van der Waals surface area (Å²) in [5.74, 6) is -0.341. The topological polar surface area (TPSA) is 80.9 Å². The molecule has 0 fully saturated rings. The average Bonchev–Trinajstić information content (AvgIpc) is 2.38. The molecule has 3 N–H and O–H groups in total. The minimum absolute atomic E-state index is 0.229. The van der Waals surface area contributed by atoms with E-state index >= 15 is 0 Å². The Morgan fingerprint density at radius 3 is 2.83 bits per heavy atom. The zero-order valence-electron chi connectivity index (χ0n) is 9.84. The molecular weight excluding hydrogens is 228 g/mol. The molecular formula is C13H14N4O. The third kappa shape index (κ3) is 3.28. The molecule has 0 aliphatic carbocycles. The summed E-state index contributed by atoms with van der Waals surface area (Å²) in [6.07, 6.45) is 3.43. The maximum absolute atomic E-state index is 11.0. The van der Waals surface area contributed by atoms with Crippen LogP contribution in [0.15, 0.2) is 42.9 Å². The number of nitrogens with one attached hydrogen (secondary N) is 1. The number of nitrogens with zero attached hydrogens (tertiary/aromatic N) is 2. The number of para-hydroxylation sites is 1. The Morgan fingerprint density at radius 2 is 2.11 bits per heavy atom. The number of anilines is 1. The third-order valence-corrected chi connectivity index (χ3v) is 2.49. The lowest BCUT2D eigenvalue weighted by Gasteiger charge is -2.10. The van der Waals surface area contributed by atoms with Crippen molar-refractivity contribution < 1.29 is 4.79 Å². The first-order valence-electron chi connectivity index (χ1n) is 5.60. The summed E-state index contributed by atoms with van der Waals surface area (Å²) in [5, 5.41) is 3.24. The summed E-state index contributed by atoms with van der Waals surface area (Å²) in [6.45, 7) is 0.582. The predicted molar refractivity (Wildman–Crippen MR) is 68.7 cm³/mol. The van der Waals surface area contributed by atoms with Gasteiger partial charge in [0.2, 0.25) is 5.91 Å². The molecule has 0 spiro atoms. The molecule has 2 rings (SSSR count). The summed E-state index contributed by atoms with van der Waals surface area (Å²) in [6, 6.07) is 9.43. The lowest BCUT2D eigenvalue weighted by Crippen LogP contribution is -2.15. The molecule has 0 unspecified atom stereocenters. The first-order valence-corrected chi connectivity index (χ1v) is 5.60. The molecule has 1 aromatic heterocycles. The van der Waals surface area contributed by atoms with Gasteiger partial charge in [-0.3, -0.25) is 4.79 Å². The van der Waals surface area contributed by atoms with E-state index < -0.39 is 0 Å². The Morgan fingerprint density at radius 1 is 1.28 bits per heavy atom. The second-order valence-corrected chi connectivity index (χ2v) is 3.85. The van der Waals surface area contributed by atoms with E-state index in [9.17, 15) is 4.79 Å². The number of rotatable bonds is 5. The van der Waals surface area contributed by atoms with Crippen molar-refractivity contribution >= 4 is 11.6 Å². The second-order valence-electron chi connectivity index (χ2n) is 3.85. The van der Waals surface area contributed by atoms with Crippen LogP contribution in [0.4, 0.5) is 5.69 Å². The van der Waals surface area contributed by atoms with E-state index in [0.29, 0.717) is 6.54 Å². The molecule has 0 bridgehead atoms. The van der Waals surface area contributed by atoms with Gasteiger partial charge >= 0.3 is 0 Å². The van der Waals surface area contributed by atoms with Crippen LogP contribution in [0.3, 0.4) is 0 Å². The summed E-state index contributed by atoms with van der Waals surface area (Å²) in [4.78, 5) is 18.9. The highest BCUT2D eigenvalue weighted by Crippen LogP contribution is 2.16. The maximum atomic E-state index is 11.0. The van der Waals surface area contributed by atoms with Crippen LogP contribution in [-0.2, 0) is 17.8 Å². The molecule has 0 aliphatic rings.